The quantitative estimate of drug-likeness (QED) is 0.286. The predicted octanol–water partition coefficient (Wildman–Crippen LogP) is 3.23. The summed E-state index contributed by atoms with van der Waals surface area (Å²) < 4.78 is 15.5. The molecule has 0 saturated heterocycles. The molecule has 3 aliphatic carbocycles. The van der Waals surface area contributed by atoms with Crippen LogP contribution in [0, 0.1) is 5.41 Å². The molecule has 0 aliphatic heterocycles. The van der Waals surface area contributed by atoms with Crippen LogP contribution in [0.15, 0.2) is 42.7 Å². The summed E-state index contributed by atoms with van der Waals surface area (Å²) in [5.74, 6) is 0.629. The van der Waals surface area contributed by atoms with Crippen LogP contribution in [-0.2, 0) is 0 Å². The van der Waals surface area contributed by atoms with Gasteiger partial charge in [-0.05, 0) is 82.1 Å². The molecule has 0 bridgehead atoms. The Balaban J connectivity index is 0.980. The van der Waals surface area contributed by atoms with E-state index in [1.165, 1.54) is 0 Å². The number of amides is 2. The fraction of sp³-hybridized carbons (Fsp3) is 0.467. The lowest BCUT2D eigenvalue weighted by Crippen LogP contribution is -2.58. The average molecular weight is 559 g/mol. The Hall–Kier alpha value is -4.12. The van der Waals surface area contributed by atoms with Gasteiger partial charge in [-0.1, -0.05) is 6.07 Å². The van der Waals surface area contributed by atoms with Crippen molar-refractivity contribution in [2.45, 2.75) is 76.0 Å². The lowest BCUT2D eigenvalue weighted by Gasteiger charge is -2.57. The number of carbonyl (C=O) groups is 2. The molecule has 3 aliphatic rings. The molecule has 0 unspecified atom stereocenters. The highest BCUT2D eigenvalue weighted by atomic mass is 16.5. The number of hydrogen-bond acceptors (Lipinski definition) is 7. The topological polar surface area (TPSA) is 145 Å². The Bertz CT molecular complexity index is 1670. The van der Waals surface area contributed by atoms with Crippen LogP contribution in [0.5, 0.6) is 11.6 Å². The summed E-state index contributed by atoms with van der Waals surface area (Å²) in [6.07, 6.45) is 8.91. The highest BCUT2D eigenvalue weighted by molar-refractivity contribution is 6.02. The third-order valence-electron chi connectivity index (χ3n) is 8.52. The molecule has 1 spiro atoms. The maximum Gasteiger partial charge on any atom is 0.256 e. The molecular weight excluding hydrogens is 524 g/mol. The van der Waals surface area contributed by atoms with Crippen LogP contribution in [0.25, 0.3) is 11.0 Å². The van der Waals surface area contributed by atoms with Crippen molar-refractivity contribution in [1.29, 1.82) is 0 Å². The van der Waals surface area contributed by atoms with E-state index in [0.717, 1.165) is 49.7 Å². The molecule has 7 rings (SSSR count). The first-order valence-electron chi connectivity index (χ1n) is 14.2. The molecule has 4 aromatic heterocycles. The molecule has 0 radical (unpaired) electrons. The number of hydrogen-bond donors (Lipinski definition) is 3. The Morgan fingerprint density at radius 2 is 1.93 bits per heavy atom. The van der Waals surface area contributed by atoms with E-state index in [1.807, 2.05) is 28.8 Å². The predicted molar refractivity (Wildman–Crippen MR) is 149 cm³/mol. The van der Waals surface area contributed by atoms with Crippen molar-refractivity contribution in [3.05, 3.63) is 59.5 Å². The van der Waals surface area contributed by atoms with E-state index < -0.39 is 11.5 Å². The monoisotopic (exact) mass is 558 g/mol. The second kappa shape index (κ2) is 9.20. The van der Waals surface area contributed by atoms with Gasteiger partial charge in [-0.25, -0.2) is 9.03 Å². The summed E-state index contributed by atoms with van der Waals surface area (Å²) in [6.45, 7) is 3.59. The number of primary amides is 1. The van der Waals surface area contributed by atoms with Gasteiger partial charge >= 0.3 is 0 Å². The van der Waals surface area contributed by atoms with E-state index in [4.69, 9.17) is 15.2 Å². The number of rotatable bonds is 9. The third-order valence-corrected chi connectivity index (χ3v) is 8.52. The Morgan fingerprint density at radius 1 is 1.15 bits per heavy atom. The fourth-order valence-corrected chi connectivity index (χ4v) is 6.46. The van der Waals surface area contributed by atoms with E-state index >= 15 is 0 Å². The van der Waals surface area contributed by atoms with Crippen molar-refractivity contribution in [2.75, 3.05) is 6.61 Å². The Labute approximate surface area is 236 Å². The second-order valence-electron chi connectivity index (χ2n) is 12.6. The van der Waals surface area contributed by atoms with Crippen LogP contribution < -0.4 is 20.5 Å². The number of nitrogens with two attached hydrogens (primary N) is 1. The number of aromatic nitrogens is 4. The van der Waals surface area contributed by atoms with Crippen LogP contribution in [0.4, 0.5) is 0 Å². The van der Waals surface area contributed by atoms with E-state index in [0.29, 0.717) is 28.3 Å². The first kappa shape index (κ1) is 25.8. The normalized spacial score (nSPS) is 23.8. The van der Waals surface area contributed by atoms with Crippen LogP contribution >= 0.6 is 0 Å². The minimum Gasteiger partial charge on any atom is -0.489 e. The molecular formula is C30H34N6O5. The molecule has 214 valence electrons. The molecule has 41 heavy (non-hydrogen) atoms. The van der Waals surface area contributed by atoms with Gasteiger partial charge in [0.05, 0.1) is 34.1 Å². The molecule has 11 nitrogen and oxygen atoms in total. The number of pyridine rings is 2. The molecule has 2 amide bonds. The largest absolute Gasteiger partial charge is 0.489 e. The minimum atomic E-state index is -0.946. The highest BCUT2D eigenvalue weighted by Crippen LogP contribution is 2.57. The maximum absolute atomic E-state index is 13.3. The third kappa shape index (κ3) is 4.67. The number of fused-ring (bicyclic) bond motifs is 2. The summed E-state index contributed by atoms with van der Waals surface area (Å²) in [6, 6.07) is 9.30. The molecule has 4 aromatic rings. The van der Waals surface area contributed by atoms with Crippen LogP contribution in [-0.4, -0.2) is 60.5 Å². The molecule has 4 N–H and O–H groups in total. The van der Waals surface area contributed by atoms with Gasteiger partial charge in [0.25, 0.3) is 11.8 Å². The van der Waals surface area contributed by atoms with Crippen molar-refractivity contribution in [3.63, 3.8) is 0 Å². The van der Waals surface area contributed by atoms with Gasteiger partial charge in [-0.2, -0.15) is 5.10 Å². The lowest BCUT2D eigenvalue weighted by atomic mass is 9.53. The van der Waals surface area contributed by atoms with E-state index in [-0.39, 0.29) is 36.0 Å². The summed E-state index contributed by atoms with van der Waals surface area (Å²) in [5.41, 5.74) is 8.00. The second-order valence-corrected chi connectivity index (χ2v) is 12.6. The zero-order valence-electron chi connectivity index (χ0n) is 23.2. The zero-order valence-corrected chi connectivity index (χ0v) is 23.2. The van der Waals surface area contributed by atoms with Gasteiger partial charge < -0.3 is 25.6 Å². The van der Waals surface area contributed by atoms with E-state index in [1.54, 1.807) is 36.8 Å². The van der Waals surface area contributed by atoms with Gasteiger partial charge in [0.1, 0.15) is 24.0 Å². The van der Waals surface area contributed by atoms with Crippen molar-refractivity contribution in [2.24, 2.45) is 11.1 Å². The van der Waals surface area contributed by atoms with Gasteiger partial charge in [0, 0.05) is 18.2 Å². The Kier molecular flexibility index (Phi) is 5.79. The van der Waals surface area contributed by atoms with Gasteiger partial charge in [0.2, 0.25) is 5.88 Å². The molecule has 0 atom stereocenters. The van der Waals surface area contributed by atoms with E-state index in [2.05, 4.69) is 15.5 Å². The summed E-state index contributed by atoms with van der Waals surface area (Å²) >= 11 is 0. The maximum atomic E-state index is 13.3. The molecule has 3 saturated carbocycles. The fourth-order valence-electron chi connectivity index (χ4n) is 6.46. The van der Waals surface area contributed by atoms with Crippen molar-refractivity contribution in [1.82, 2.24) is 24.5 Å². The van der Waals surface area contributed by atoms with Crippen molar-refractivity contribution in [3.8, 4) is 11.6 Å². The average Bonchev–Trinajstić information content (AvgIpc) is 3.50. The first-order chi connectivity index (χ1) is 19.6. The first-order valence-corrected chi connectivity index (χ1v) is 14.2. The van der Waals surface area contributed by atoms with Gasteiger partial charge in [0.15, 0.2) is 0 Å². The lowest BCUT2D eigenvalue weighted by molar-refractivity contribution is -0.0848. The van der Waals surface area contributed by atoms with Crippen molar-refractivity contribution < 1.29 is 24.2 Å². The molecule has 3 fully saturated rings. The van der Waals surface area contributed by atoms with Crippen LogP contribution in [0.2, 0.25) is 0 Å². The van der Waals surface area contributed by atoms with Crippen molar-refractivity contribution >= 4 is 22.8 Å². The smallest absolute Gasteiger partial charge is 0.256 e. The molecule has 4 heterocycles. The summed E-state index contributed by atoms with van der Waals surface area (Å²) in [4.78, 5) is 25.3. The summed E-state index contributed by atoms with van der Waals surface area (Å²) in [5, 5.41) is 22.3. The van der Waals surface area contributed by atoms with Gasteiger partial charge in [-0.3, -0.25) is 9.59 Å². The summed E-state index contributed by atoms with van der Waals surface area (Å²) in [7, 11) is 0. The number of aliphatic hydroxyl groups is 1. The SMILES string of the molecule is CC(C)(O)COc1ccc2c(C(=O)NC3CC4(C3)CC(Oc3nn5ccccc5c3C(N)=O)C4)cnn2c1C1CC1. The van der Waals surface area contributed by atoms with E-state index in [9.17, 15) is 14.7 Å². The number of carbonyl (C=O) groups excluding carboxylic acids is 2. The standard InChI is InChI=1S/C30H34N6O5/c1-29(2,39)16-40-23-9-8-21-20(15-32-36(21)25(23)17-6-7-17)27(38)33-18-11-30(12-18)13-19(14-30)41-28-24(26(31)37)22-5-3-4-10-35(22)34-28/h3-5,8-10,15,17-19,39H,6-7,11-14,16H2,1-2H3,(H2,31,37)(H,33,38). The minimum absolute atomic E-state index is 0.0389. The zero-order chi connectivity index (χ0) is 28.5. The van der Waals surface area contributed by atoms with Crippen LogP contribution in [0.1, 0.15) is 84.7 Å². The van der Waals surface area contributed by atoms with Crippen LogP contribution in [0.3, 0.4) is 0 Å². The Morgan fingerprint density at radius 3 is 2.63 bits per heavy atom. The molecule has 0 aromatic carbocycles. The number of nitrogens with one attached hydrogen (secondary N) is 1. The highest BCUT2D eigenvalue weighted by Gasteiger charge is 2.54. The van der Waals surface area contributed by atoms with Gasteiger partial charge in [-0.15, -0.1) is 5.10 Å². The molecule has 11 heteroatoms. The number of nitrogens with zero attached hydrogens (tertiary/aromatic N) is 4. The number of ether oxygens (including phenoxy) is 2.